The average Bonchev–Trinajstić information content (AvgIpc) is 2.90. The van der Waals surface area contributed by atoms with Gasteiger partial charge in [0, 0.05) is 17.5 Å². The zero-order chi connectivity index (χ0) is 13.0. The molecule has 0 fully saturated rings. The Kier molecular flexibility index (Phi) is 4.08. The molecule has 0 aliphatic carbocycles. The molecule has 18 heavy (non-hydrogen) atoms. The molecule has 0 aliphatic heterocycles. The summed E-state index contributed by atoms with van der Waals surface area (Å²) in [4.78, 5) is 1.23. The van der Waals surface area contributed by atoms with Gasteiger partial charge in [0.25, 0.3) is 0 Å². The summed E-state index contributed by atoms with van der Waals surface area (Å²) in [6, 6.07) is 10.6. The molecule has 0 saturated heterocycles. The summed E-state index contributed by atoms with van der Waals surface area (Å²) in [6.45, 7) is 2.54. The molecule has 1 N–H and O–H groups in total. The Labute approximate surface area is 110 Å². The largest absolute Gasteiger partial charge is 0.305 e. The van der Waals surface area contributed by atoms with Crippen LogP contribution in [0.4, 0.5) is 4.39 Å². The highest BCUT2D eigenvalue weighted by atomic mass is 32.1. The number of nitriles is 1. The van der Waals surface area contributed by atoms with E-state index in [0.717, 1.165) is 0 Å². The van der Waals surface area contributed by atoms with Gasteiger partial charge in [-0.05, 0) is 42.1 Å². The van der Waals surface area contributed by atoms with E-state index in [2.05, 4.69) is 24.4 Å². The number of thiophene rings is 1. The Hall–Kier alpha value is -1.70. The maximum absolute atomic E-state index is 13.1. The molecule has 0 saturated carbocycles. The second-order valence-electron chi connectivity index (χ2n) is 4.03. The minimum Gasteiger partial charge on any atom is -0.305 e. The van der Waals surface area contributed by atoms with E-state index in [4.69, 9.17) is 5.26 Å². The van der Waals surface area contributed by atoms with Crippen LogP contribution in [-0.4, -0.2) is 0 Å². The first kappa shape index (κ1) is 12.7. The summed E-state index contributed by atoms with van der Waals surface area (Å²) in [7, 11) is 0. The van der Waals surface area contributed by atoms with E-state index in [1.807, 2.05) is 11.4 Å². The predicted molar refractivity (Wildman–Crippen MR) is 70.7 cm³/mol. The molecule has 1 atom stereocenters. The van der Waals surface area contributed by atoms with Crippen molar-refractivity contribution in [3.05, 3.63) is 57.5 Å². The second kappa shape index (κ2) is 5.76. The van der Waals surface area contributed by atoms with Crippen LogP contribution in [0.15, 0.2) is 35.7 Å². The first-order chi connectivity index (χ1) is 8.70. The summed E-state index contributed by atoms with van der Waals surface area (Å²) in [5, 5.41) is 14.3. The van der Waals surface area contributed by atoms with Crippen molar-refractivity contribution >= 4 is 11.3 Å². The molecule has 1 heterocycles. The van der Waals surface area contributed by atoms with Crippen molar-refractivity contribution in [2.45, 2.75) is 19.5 Å². The van der Waals surface area contributed by atoms with Crippen molar-refractivity contribution in [2.75, 3.05) is 0 Å². The number of benzene rings is 1. The molecule has 92 valence electrons. The molecule has 2 nitrogen and oxygen atoms in total. The van der Waals surface area contributed by atoms with Crippen LogP contribution in [0.2, 0.25) is 0 Å². The van der Waals surface area contributed by atoms with Gasteiger partial charge in [-0.1, -0.05) is 6.07 Å². The molecule has 2 rings (SSSR count). The van der Waals surface area contributed by atoms with Crippen molar-refractivity contribution < 1.29 is 4.39 Å². The molecule has 0 amide bonds. The van der Waals surface area contributed by atoms with Crippen LogP contribution in [0.1, 0.15) is 29.0 Å². The smallest absolute Gasteiger partial charge is 0.123 e. The van der Waals surface area contributed by atoms with Crippen molar-refractivity contribution in [3.8, 4) is 6.07 Å². The van der Waals surface area contributed by atoms with Gasteiger partial charge in [0.1, 0.15) is 5.82 Å². The fourth-order valence-electron chi connectivity index (χ4n) is 1.72. The lowest BCUT2D eigenvalue weighted by Crippen LogP contribution is -2.17. The van der Waals surface area contributed by atoms with Crippen molar-refractivity contribution in [2.24, 2.45) is 0 Å². The zero-order valence-corrected chi connectivity index (χ0v) is 10.8. The van der Waals surface area contributed by atoms with Gasteiger partial charge in [-0.2, -0.15) is 5.26 Å². The molecule has 0 radical (unpaired) electrons. The third-order valence-corrected chi connectivity index (χ3v) is 3.81. The summed E-state index contributed by atoms with van der Waals surface area (Å²) in [5.74, 6) is -0.311. The normalized spacial score (nSPS) is 12.1. The van der Waals surface area contributed by atoms with Crippen molar-refractivity contribution in [1.82, 2.24) is 5.32 Å². The number of halogens is 1. The first-order valence-electron chi connectivity index (χ1n) is 5.66. The van der Waals surface area contributed by atoms with Gasteiger partial charge in [0.15, 0.2) is 0 Å². The summed E-state index contributed by atoms with van der Waals surface area (Å²) >= 11 is 1.68. The Bertz CT molecular complexity index is 558. The van der Waals surface area contributed by atoms with E-state index in [-0.39, 0.29) is 11.9 Å². The van der Waals surface area contributed by atoms with Crippen LogP contribution in [0, 0.1) is 17.1 Å². The molecule has 1 aromatic heterocycles. The lowest BCUT2D eigenvalue weighted by Gasteiger charge is -2.12. The monoisotopic (exact) mass is 260 g/mol. The lowest BCUT2D eigenvalue weighted by molar-refractivity contribution is 0.575. The predicted octanol–water partition coefficient (Wildman–Crippen LogP) is 3.61. The molecule has 4 heteroatoms. The lowest BCUT2D eigenvalue weighted by atomic mass is 10.1. The van der Waals surface area contributed by atoms with Gasteiger partial charge in [-0.3, -0.25) is 0 Å². The first-order valence-corrected chi connectivity index (χ1v) is 6.54. The van der Waals surface area contributed by atoms with Crippen molar-refractivity contribution in [3.63, 3.8) is 0 Å². The summed E-state index contributed by atoms with van der Waals surface area (Å²) < 4.78 is 13.1. The van der Waals surface area contributed by atoms with Crippen LogP contribution >= 0.6 is 11.3 Å². The maximum Gasteiger partial charge on any atom is 0.123 e. The van der Waals surface area contributed by atoms with Crippen LogP contribution in [-0.2, 0) is 6.54 Å². The van der Waals surface area contributed by atoms with Crippen LogP contribution in [0.25, 0.3) is 0 Å². The number of nitrogens with one attached hydrogen (secondary N) is 1. The number of hydrogen-bond acceptors (Lipinski definition) is 3. The van der Waals surface area contributed by atoms with Gasteiger partial charge in [-0.15, -0.1) is 11.3 Å². The molecule has 0 unspecified atom stereocenters. The quantitative estimate of drug-likeness (QED) is 0.911. The number of hydrogen-bond donors (Lipinski definition) is 1. The van der Waals surface area contributed by atoms with Crippen LogP contribution in [0.3, 0.4) is 0 Å². The van der Waals surface area contributed by atoms with E-state index in [1.165, 1.54) is 23.1 Å². The highest BCUT2D eigenvalue weighted by Gasteiger charge is 2.08. The van der Waals surface area contributed by atoms with Crippen LogP contribution < -0.4 is 5.32 Å². The minimum absolute atomic E-state index is 0.194. The molecular weight excluding hydrogens is 247 g/mol. The van der Waals surface area contributed by atoms with E-state index >= 15 is 0 Å². The molecular formula is C14H13FN2S. The van der Waals surface area contributed by atoms with Gasteiger partial charge in [0.2, 0.25) is 0 Å². The topological polar surface area (TPSA) is 35.8 Å². The molecule has 0 aliphatic rings. The second-order valence-corrected chi connectivity index (χ2v) is 5.01. The number of nitrogens with zero attached hydrogens (tertiary/aromatic N) is 1. The Morgan fingerprint density at radius 1 is 1.44 bits per heavy atom. The van der Waals surface area contributed by atoms with Crippen LogP contribution in [0.5, 0.6) is 0 Å². The van der Waals surface area contributed by atoms with Gasteiger partial charge < -0.3 is 5.32 Å². The molecule has 2 aromatic rings. The van der Waals surface area contributed by atoms with Crippen molar-refractivity contribution in [1.29, 1.82) is 5.26 Å². The zero-order valence-electron chi connectivity index (χ0n) is 9.98. The van der Waals surface area contributed by atoms with E-state index in [0.29, 0.717) is 17.7 Å². The highest BCUT2D eigenvalue weighted by Crippen LogP contribution is 2.19. The Balaban J connectivity index is 2.06. The van der Waals surface area contributed by atoms with Gasteiger partial charge in [0.05, 0.1) is 11.6 Å². The fraction of sp³-hybridized carbons (Fsp3) is 0.214. The number of rotatable bonds is 4. The minimum atomic E-state index is -0.311. The highest BCUT2D eigenvalue weighted by molar-refractivity contribution is 7.10. The summed E-state index contributed by atoms with van der Waals surface area (Å²) in [5.41, 5.74) is 1.21. The van der Waals surface area contributed by atoms with Gasteiger partial charge in [-0.25, -0.2) is 4.39 Å². The van der Waals surface area contributed by atoms with Gasteiger partial charge >= 0.3 is 0 Å². The van der Waals surface area contributed by atoms with E-state index in [1.54, 1.807) is 11.3 Å². The third kappa shape index (κ3) is 2.95. The molecule has 0 bridgehead atoms. The standard InChI is InChI=1S/C14H13FN2S/c1-10(14-3-2-6-18-14)17-9-12-7-13(15)5-4-11(12)8-16/h2-7,10,17H,9H2,1H3/t10-/m1/s1. The third-order valence-electron chi connectivity index (χ3n) is 2.76. The SMILES string of the molecule is C[C@@H](NCc1cc(F)ccc1C#N)c1cccs1. The Morgan fingerprint density at radius 3 is 2.94 bits per heavy atom. The van der Waals surface area contributed by atoms with E-state index in [9.17, 15) is 4.39 Å². The average molecular weight is 260 g/mol. The molecule has 1 aromatic carbocycles. The maximum atomic E-state index is 13.1. The molecule has 0 spiro atoms. The Morgan fingerprint density at radius 2 is 2.28 bits per heavy atom. The summed E-state index contributed by atoms with van der Waals surface area (Å²) in [6.07, 6.45) is 0. The van der Waals surface area contributed by atoms with E-state index < -0.39 is 0 Å². The fourth-order valence-corrected chi connectivity index (χ4v) is 2.48.